The highest BCUT2D eigenvalue weighted by Crippen LogP contribution is 2.28. The van der Waals surface area contributed by atoms with E-state index in [4.69, 9.17) is 9.47 Å². The van der Waals surface area contributed by atoms with Crippen molar-refractivity contribution in [2.45, 2.75) is 31.9 Å². The lowest BCUT2D eigenvalue weighted by Gasteiger charge is -2.20. The molecule has 0 aliphatic carbocycles. The summed E-state index contributed by atoms with van der Waals surface area (Å²) >= 11 is 0. The molecule has 1 amide bonds. The third-order valence-corrected chi connectivity index (χ3v) is 7.30. The molecule has 0 aliphatic rings. The number of sulfonamides is 1. The van der Waals surface area contributed by atoms with E-state index in [9.17, 15) is 13.2 Å². The van der Waals surface area contributed by atoms with Crippen LogP contribution in [0, 0.1) is 0 Å². The van der Waals surface area contributed by atoms with Crippen molar-refractivity contribution in [2.24, 2.45) is 0 Å². The van der Waals surface area contributed by atoms with Gasteiger partial charge in [-0.3, -0.25) is 4.79 Å². The lowest BCUT2D eigenvalue weighted by atomic mass is 10.2. The van der Waals surface area contributed by atoms with E-state index in [0.717, 1.165) is 11.1 Å². The molecule has 0 spiro atoms. The monoisotopic (exact) mass is 483 g/mol. The summed E-state index contributed by atoms with van der Waals surface area (Å²) < 4.78 is 38.3. The van der Waals surface area contributed by atoms with E-state index in [-0.39, 0.29) is 22.8 Å². The second kappa shape index (κ2) is 11.6. The molecule has 0 fully saturated rings. The Hall–Kier alpha value is -3.43. The Balaban J connectivity index is 1.70. The third-order valence-electron chi connectivity index (χ3n) is 5.23. The fraction of sp³-hybridized carbons (Fsp3) is 0.280. The van der Waals surface area contributed by atoms with Gasteiger partial charge in [0, 0.05) is 37.5 Å². The fourth-order valence-corrected chi connectivity index (χ4v) is 5.02. The summed E-state index contributed by atoms with van der Waals surface area (Å²) in [4.78, 5) is 17.0. The Morgan fingerprint density at radius 3 is 2.41 bits per heavy atom. The molecule has 0 aliphatic heterocycles. The first-order chi connectivity index (χ1) is 16.4. The van der Waals surface area contributed by atoms with Gasteiger partial charge in [-0.15, -0.1) is 0 Å². The minimum Gasteiger partial charge on any atom is -0.495 e. The number of carbonyl (C=O) groups excluding carboxylic acids is 1. The first-order valence-corrected chi connectivity index (χ1v) is 12.4. The highest BCUT2D eigenvalue weighted by molar-refractivity contribution is 7.89. The van der Waals surface area contributed by atoms with E-state index in [1.54, 1.807) is 32.2 Å². The number of rotatable bonds is 11. The van der Waals surface area contributed by atoms with E-state index in [2.05, 4.69) is 10.3 Å². The van der Waals surface area contributed by atoms with Crippen molar-refractivity contribution in [1.82, 2.24) is 14.6 Å². The Bertz CT molecular complexity index is 1210. The quantitative estimate of drug-likeness (QED) is 0.447. The zero-order chi connectivity index (χ0) is 24.6. The van der Waals surface area contributed by atoms with E-state index in [0.29, 0.717) is 25.6 Å². The lowest BCUT2D eigenvalue weighted by Crippen LogP contribution is -2.31. The molecule has 1 N–H and O–H groups in total. The van der Waals surface area contributed by atoms with Crippen molar-refractivity contribution in [3.63, 3.8) is 0 Å². The molecular weight excluding hydrogens is 454 g/mol. The molecule has 8 nitrogen and oxygen atoms in total. The van der Waals surface area contributed by atoms with Gasteiger partial charge in [-0.05, 0) is 35.4 Å². The maximum absolute atomic E-state index is 13.0. The van der Waals surface area contributed by atoms with Gasteiger partial charge in [-0.25, -0.2) is 13.4 Å². The molecule has 2 aromatic carbocycles. The molecule has 34 heavy (non-hydrogen) atoms. The largest absolute Gasteiger partial charge is 0.495 e. The number of hydrogen-bond acceptors (Lipinski definition) is 6. The average Bonchev–Trinajstić information content (AvgIpc) is 2.87. The normalized spacial score (nSPS) is 11.3. The number of hydrogen-bond donors (Lipinski definition) is 1. The number of nitrogens with one attached hydrogen (secondary N) is 1. The second-order valence-electron chi connectivity index (χ2n) is 7.41. The van der Waals surface area contributed by atoms with Crippen molar-refractivity contribution < 1.29 is 22.7 Å². The highest BCUT2D eigenvalue weighted by atomic mass is 32.2. The molecule has 0 radical (unpaired) electrons. The Kier molecular flexibility index (Phi) is 8.61. The molecule has 0 unspecified atom stereocenters. The summed E-state index contributed by atoms with van der Waals surface area (Å²) in [6.07, 6.45) is 1.62. The van der Waals surface area contributed by atoms with E-state index in [1.165, 1.54) is 29.6 Å². The molecule has 180 valence electrons. The van der Waals surface area contributed by atoms with Gasteiger partial charge in [0.15, 0.2) is 0 Å². The van der Waals surface area contributed by atoms with Gasteiger partial charge >= 0.3 is 0 Å². The number of carbonyl (C=O) groups is 1. The van der Waals surface area contributed by atoms with Crippen LogP contribution < -0.4 is 14.8 Å². The van der Waals surface area contributed by atoms with Crippen LogP contribution in [0.5, 0.6) is 11.6 Å². The van der Waals surface area contributed by atoms with Crippen molar-refractivity contribution in [3.05, 3.63) is 83.6 Å². The Labute approximate surface area is 200 Å². The molecule has 0 saturated heterocycles. The average molecular weight is 484 g/mol. The zero-order valence-electron chi connectivity index (χ0n) is 19.5. The van der Waals surface area contributed by atoms with Gasteiger partial charge in [0.05, 0.1) is 7.11 Å². The summed E-state index contributed by atoms with van der Waals surface area (Å²) in [5.41, 5.74) is 2.05. The van der Waals surface area contributed by atoms with Crippen LogP contribution in [0.4, 0.5) is 0 Å². The van der Waals surface area contributed by atoms with Crippen LogP contribution in [0.3, 0.4) is 0 Å². The van der Waals surface area contributed by atoms with E-state index in [1.807, 2.05) is 30.3 Å². The fourth-order valence-electron chi connectivity index (χ4n) is 3.38. The number of ether oxygens (including phenoxy) is 2. The number of aromatic nitrogens is 1. The first-order valence-electron chi connectivity index (χ1n) is 11.0. The van der Waals surface area contributed by atoms with Crippen molar-refractivity contribution in [3.8, 4) is 11.6 Å². The number of amides is 1. The molecule has 0 atom stereocenters. The summed E-state index contributed by atoms with van der Waals surface area (Å²) in [7, 11) is -2.40. The van der Waals surface area contributed by atoms with E-state index < -0.39 is 15.9 Å². The minimum absolute atomic E-state index is 0.0353. The second-order valence-corrected chi connectivity index (χ2v) is 9.32. The number of methoxy groups -OCH3 is 1. The molecule has 1 heterocycles. The summed E-state index contributed by atoms with van der Waals surface area (Å²) in [6, 6.07) is 17.7. The predicted molar refractivity (Wildman–Crippen MR) is 129 cm³/mol. The number of pyridine rings is 1. The van der Waals surface area contributed by atoms with Crippen LogP contribution >= 0.6 is 0 Å². The van der Waals surface area contributed by atoms with Gasteiger partial charge in [0.1, 0.15) is 17.3 Å². The molecule has 9 heteroatoms. The lowest BCUT2D eigenvalue weighted by molar-refractivity contribution is 0.0950. The van der Waals surface area contributed by atoms with E-state index >= 15 is 0 Å². The molecule has 0 saturated carbocycles. The van der Waals surface area contributed by atoms with Crippen LogP contribution in [0.2, 0.25) is 0 Å². The summed E-state index contributed by atoms with van der Waals surface area (Å²) in [6.45, 7) is 4.77. The Morgan fingerprint density at radius 2 is 1.74 bits per heavy atom. The molecule has 1 aromatic heterocycles. The number of nitrogens with zero attached hydrogens (tertiary/aromatic N) is 2. The van der Waals surface area contributed by atoms with Crippen LogP contribution in [0.25, 0.3) is 0 Å². The smallest absolute Gasteiger partial charge is 0.251 e. The molecular formula is C25H29N3O5S. The van der Waals surface area contributed by atoms with Gasteiger partial charge in [-0.1, -0.05) is 44.2 Å². The molecule has 3 rings (SSSR count). The Morgan fingerprint density at radius 1 is 1.00 bits per heavy atom. The summed E-state index contributed by atoms with van der Waals surface area (Å²) in [5, 5.41) is 2.82. The standard InChI is InChI=1S/C25H29N3O5S/c1-4-28(5-2)34(30,31)23-16-21(11-12-22(23)32-3)25(29)27-17-20-13-14-26-24(15-20)33-18-19-9-7-6-8-10-19/h6-16H,4-5,17-18H2,1-3H3,(H,27,29). The predicted octanol–water partition coefficient (Wildman–Crippen LogP) is 3.63. The number of benzene rings is 2. The molecule has 3 aromatic rings. The van der Waals surface area contributed by atoms with Crippen molar-refractivity contribution in [2.75, 3.05) is 20.2 Å². The topological polar surface area (TPSA) is 97.8 Å². The maximum Gasteiger partial charge on any atom is 0.251 e. The minimum atomic E-state index is -3.80. The SMILES string of the molecule is CCN(CC)S(=O)(=O)c1cc(C(=O)NCc2ccnc(OCc3ccccc3)c2)ccc1OC. The zero-order valence-corrected chi connectivity index (χ0v) is 20.3. The first kappa shape index (κ1) is 25.2. The third kappa shape index (κ3) is 6.12. The van der Waals surface area contributed by atoms with Gasteiger partial charge in [0.2, 0.25) is 15.9 Å². The van der Waals surface area contributed by atoms with Crippen LogP contribution in [-0.4, -0.2) is 43.8 Å². The molecule has 0 bridgehead atoms. The van der Waals surface area contributed by atoms with Gasteiger partial charge in [-0.2, -0.15) is 4.31 Å². The maximum atomic E-state index is 13.0. The van der Waals surface area contributed by atoms with Crippen molar-refractivity contribution >= 4 is 15.9 Å². The van der Waals surface area contributed by atoms with Crippen molar-refractivity contribution in [1.29, 1.82) is 0 Å². The van der Waals surface area contributed by atoms with Crippen LogP contribution in [0.1, 0.15) is 35.3 Å². The highest BCUT2D eigenvalue weighted by Gasteiger charge is 2.26. The van der Waals surface area contributed by atoms with Crippen LogP contribution in [-0.2, 0) is 23.2 Å². The summed E-state index contributed by atoms with van der Waals surface area (Å²) in [5.74, 6) is 0.243. The van der Waals surface area contributed by atoms with Crippen LogP contribution in [0.15, 0.2) is 71.8 Å². The van der Waals surface area contributed by atoms with Gasteiger partial charge < -0.3 is 14.8 Å². The van der Waals surface area contributed by atoms with Gasteiger partial charge in [0.25, 0.3) is 5.91 Å².